The molecule has 1 aromatic rings. The van der Waals surface area contributed by atoms with Crippen molar-refractivity contribution in [2.75, 3.05) is 13.2 Å². The summed E-state index contributed by atoms with van der Waals surface area (Å²) in [5, 5.41) is 2.94. The van der Waals surface area contributed by atoms with E-state index in [0.29, 0.717) is 31.1 Å². The zero-order valence-corrected chi connectivity index (χ0v) is 11.2. The van der Waals surface area contributed by atoms with Crippen LogP contribution in [0.1, 0.15) is 18.4 Å². The molecule has 0 spiro atoms. The van der Waals surface area contributed by atoms with Crippen molar-refractivity contribution in [2.45, 2.75) is 24.9 Å². The first-order valence-electron chi connectivity index (χ1n) is 6.11. The topological polar surface area (TPSA) is 64.4 Å². The van der Waals surface area contributed by atoms with E-state index in [2.05, 4.69) is 5.32 Å². The van der Waals surface area contributed by atoms with Crippen molar-refractivity contribution >= 4 is 17.5 Å². The third-order valence-electron chi connectivity index (χ3n) is 3.32. The molecule has 0 saturated carbocycles. The summed E-state index contributed by atoms with van der Waals surface area (Å²) in [5.74, 6) is -0.735. The number of hydrogen-bond donors (Lipinski definition) is 2. The lowest BCUT2D eigenvalue weighted by Crippen LogP contribution is -2.56. The molecule has 0 aromatic heterocycles. The highest BCUT2D eigenvalue weighted by atomic mass is 35.5. The molecule has 6 heteroatoms. The molecule has 0 radical (unpaired) electrons. The second kappa shape index (κ2) is 5.86. The van der Waals surface area contributed by atoms with Crippen molar-refractivity contribution in [3.05, 3.63) is 34.6 Å². The third-order valence-corrected chi connectivity index (χ3v) is 3.68. The Kier molecular flexibility index (Phi) is 4.39. The van der Waals surface area contributed by atoms with Crippen molar-refractivity contribution < 1.29 is 13.9 Å². The predicted octanol–water partition coefficient (Wildman–Crippen LogP) is 1.60. The van der Waals surface area contributed by atoms with E-state index in [1.54, 1.807) is 6.07 Å². The van der Waals surface area contributed by atoms with Crippen molar-refractivity contribution in [3.8, 4) is 0 Å². The fourth-order valence-corrected chi connectivity index (χ4v) is 2.24. The quantitative estimate of drug-likeness (QED) is 0.887. The van der Waals surface area contributed by atoms with Crippen LogP contribution in [0.4, 0.5) is 4.39 Å². The van der Waals surface area contributed by atoms with Crippen molar-refractivity contribution in [2.24, 2.45) is 5.73 Å². The van der Waals surface area contributed by atoms with Gasteiger partial charge in [-0.25, -0.2) is 4.39 Å². The zero-order valence-electron chi connectivity index (χ0n) is 10.4. The number of amides is 1. The van der Waals surface area contributed by atoms with Crippen LogP contribution in [-0.4, -0.2) is 24.7 Å². The van der Waals surface area contributed by atoms with Crippen LogP contribution >= 0.6 is 11.6 Å². The van der Waals surface area contributed by atoms with Crippen LogP contribution in [0.3, 0.4) is 0 Å². The molecule has 1 amide bonds. The van der Waals surface area contributed by atoms with Crippen LogP contribution in [0.5, 0.6) is 0 Å². The average molecular weight is 287 g/mol. The minimum absolute atomic E-state index is 0.0319. The second-order valence-electron chi connectivity index (χ2n) is 4.65. The first-order chi connectivity index (χ1) is 9.03. The molecule has 1 saturated heterocycles. The average Bonchev–Trinajstić information content (AvgIpc) is 2.38. The van der Waals surface area contributed by atoms with Gasteiger partial charge in [-0.3, -0.25) is 4.79 Å². The van der Waals surface area contributed by atoms with Crippen LogP contribution < -0.4 is 11.1 Å². The fraction of sp³-hybridized carbons (Fsp3) is 0.462. The van der Waals surface area contributed by atoms with E-state index in [0.717, 1.165) is 0 Å². The maximum absolute atomic E-state index is 13.6. The lowest BCUT2D eigenvalue weighted by molar-refractivity contribution is -0.129. The third kappa shape index (κ3) is 3.23. The standard InChI is InChI=1S/C13H16ClFN2O2/c14-10-2-1-3-11(15)9(10)8-17-12(18)13(16)4-6-19-7-5-13/h1-3H,4-8,16H2,(H,17,18). The minimum Gasteiger partial charge on any atom is -0.381 e. The Bertz CT molecular complexity index is 455. The molecule has 1 aliphatic rings. The number of ether oxygens (including phenoxy) is 1. The van der Waals surface area contributed by atoms with Gasteiger partial charge in [0.1, 0.15) is 5.82 Å². The molecular weight excluding hydrogens is 271 g/mol. The summed E-state index contributed by atoms with van der Waals surface area (Å²) in [6, 6.07) is 4.41. The van der Waals surface area contributed by atoms with E-state index in [-0.39, 0.29) is 18.0 Å². The molecule has 19 heavy (non-hydrogen) atoms. The Morgan fingerprint density at radius 3 is 2.79 bits per heavy atom. The molecule has 1 fully saturated rings. The summed E-state index contributed by atoms with van der Waals surface area (Å²) in [6.45, 7) is 0.957. The lowest BCUT2D eigenvalue weighted by Gasteiger charge is -2.31. The highest BCUT2D eigenvalue weighted by Gasteiger charge is 2.35. The summed E-state index contributed by atoms with van der Waals surface area (Å²) in [6.07, 6.45) is 0.924. The van der Waals surface area contributed by atoms with Gasteiger partial charge in [0.15, 0.2) is 0 Å². The number of carbonyl (C=O) groups excluding carboxylic acids is 1. The summed E-state index contributed by atoms with van der Waals surface area (Å²) in [4.78, 5) is 12.1. The molecule has 2 rings (SSSR count). The SMILES string of the molecule is NC1(C(=O)NCc2c(F)cccc2Cl)CCOCC1. The Labute approximate surface area is 116 Å². The van der Waals surface area contributed by atoms with Crippen molar-refractivity contribution in [1.82, 2.24) is 5.32 Å². The molecular formula is C13H16ClFN2O2. The number of halogens is 2. The van der Waals surface area contributed by atoms with E-state index in [4.69, 9.17) is 22.1 Å². The molecule has 0 bridgehead atoms. The molecule has 104 valence electrons. The maximum Gasteiger partial charge on any atom is 0.240 e. The first-order valence-corrected chi connectivity index (χ1v) is 6.48. The van der Waals surface area contributed by atoms with Gasteiger partial charge >= 0.3 is 0 Å². The smallest absolute Gasteiger partial charge is 0.240 e. The van der Waals surface area contributed by atoms with Crippen LogP contribution in [-0.2, 0) is 16.1 Å². The van der Waals surface area contributed by atoms with E-state index < -0.39 is 11.4 Å². The van der Waals surface area contributed by atoms with E-state index >= 15 is 0 Å². The number of nitrogens with one attached hydrogen (secondary N) is 1. The van der Waals surface area contributed by atoms with Gasteiger partial charge in [-0.1, -0.05) is 17.7 Å². The van der Waals surface area contributed by atoms with Gasteiger partial charge in [-0.2, -0.15) is 0 Å². The summed E-state index contributed by atoms with van der Waals surface area (Å²) >= 11 is 5.89. The number of carbonyl (C=O) groups is 1. The van der Waals surface area contributed by atoms with E-state index in [1.807, 2.05) is 0 Å². The van der Waals surface area contributed by atoms with Crippen LogP contribution in [0.25, 0.3) is 0 Å². The first kappa shape index (κ1) is 14.2. The molecule has 3 N–H and O–H groups in total. The Hall–Kier alpha value is -1.17. The van der Waals surface area contributed by atoms with Crippen molar-refractivity contribution in [1.29, 1.82) is 0 Å². The van der Waals surface area contributed by atoms with Gasteiger partial charge in [0.05, 0.1) is 5.54 Å². The Morgan fingerprint density at radius 2 is 2.16 bits per heavy atom. The van der Waals surface area contributed by atoms with Crippen LogP contribution in [0.2, 0.25) is 5.02 Å². The van der Waals surface area contributed by atoms with E-state index in [1.165, 1.54) is 12.1 Å². The van der Waals surface area contributed by atoms with Gasteiger partial charge in [-0.05, 0) is 25.0 Å². The summed E-state index contributed by atoms with van der Waals surface area (Å²) in [7, 11) is 0. The number of nitrogens with two attached hydrogens (primary N) is 1. The van der Waals surface area contributed by atoms with Crippen LogP contribution in [0.15, 0.2) is 18.2 Å². The molecule has 4 nitrogen and oxygen atoms in total. The highest BCUT2D eigenvalue weighted by Crippen LogP contribution is 2.20. The predicted molar refractivity (Wildman–Crippen MR) is 70.2 cm³/mol. The molecule has 0 unspecified atom stereocenters. The summed E-state index contributed by atoms with van der Waals surface area (Å²) in [5.41, 5.74) is 5.36. The van der Waals surface area contributed by atoms with Gasteiger partial charge in [-0.15, -0.1) is 0 Å². The van der Waals surface area contributed by atoms with Gasteiger partial charge in [0.25, 0.3) is 0 Å². The number of rotatable bonds is 3. The maximum atomic E-state index is 13.6. The monoisotopic (exact) mass is 286 g/mol. The Morgan fingerprint density at radius 1 is 1.47 bits per heavy atom. The normalized spacial score (nSPS) is 18.1. The van der Waals surface area contributed by atoms with Gasteiger partial charge in [0, 0.05) is 30.3 Å². The zero-order chi connectivity index (χ0) is 13.9. The molecule has 0 aliphatic carbocycles. The highest BCUT2D eigenvalue weighted by molar-refractivity contribution is 6.31. The van der Waals surface area contributed by atoms with E-state index in [9.17, 15) is 9.18 Å². The largest absolute Gasteiger partial charge is 0.381 e. The number of hydrogen-bond acceptors (Lipinski definition) is 3. The minimum atomic E-state index is -0.935. The fourth-order valence-electron chi connectivity index (χ4n) is 2.01. The van der Waals surface area contributed by atoms with Gasteiger partial charge < -0.3 is 15.8 Å². The van der Waals surface area contributed by atoms with Crippen molar-refractivity contribution in [3.63, 3.8) is 0 Å². The molecule has 0 atom stereocenters. The lowest BCUT2D eigenvalue weighted by atomic mass is 9.90. The molecule has 1 aliphatic heterocycles. The van der Waals surface area contributed by atoms with Crippen LogP contribution in [0, 0.1) is 5.82 Å². The van der Waals surface area contributed by atoms with Gasteiger partial charge in [0.2, 0.25) is 5.91 Å². The Balaban J connectivity index is 2.00. The number of benzene rings is 1. The molecule has 1 heterocycles. The molecule has 1 aromatic carbocycles. The second-order valence-corrected chi connectivity index (χ2v) is 5.06. The summed E-state index contributed by atoms with van der Waals surface area (Å²) < 4.78 is 18.7.